The van der Waals surface area contributed by atoms with Crippen molar-refractivity contribution in [2.75, 3.05) is 5.75 Å². The summed E-state index contributed by atoms with van der Waals surface area (Å²) in [6.07, 6.45) is 0.000448. The van der Waals surface area contributed by atoms with E-state index in [0.717, 1.165) is 0 Å². The molecule has 3 nitrogen and oxygen atoms in total. The molecule has 0 heterocycles. The molecule has 0 bridgehead atoms. The van der Waals surface area contributed by atoms with Gasteiger partial charge in [-0.05, 0) is 0 Å². The van der Waals surface area contributed by atoms with Crippen LogP contribution in [0.2, 0.25) is 0 Å². The van der Waals surface area contributed by atoms with Crippen LogP contribution in [0.1, 0.15) is 20.3 Å². The van der Waals surface area contributed by atoms with Crippen molar-refractivity contribution in [1.29, 1.82) is 0 Å². The Morgan fingerprint density at radius 3 is 2.50 bits per heavy atom. The molecule has 1 N–H and O–H groups in total. The molecule has 0 spiro atoms. The van der Waals surface area contributed by atoms with E-state index >= 15 is 0 Å². The van der Waals surface area contributed by atoms with Crippen LogP contribution in [0.3, 0.4) is 0 Å². The van der Waals surface area contributed by atoms with Crippen molar-refractivity contribution in [3.8, 4) is 0 Å². The molecule has 0 amide bonds. The van der Waals surface area contributed by atoms with Crippen molar-refractivity contribution < 1.29 is 14.1 Å². The van der Waals surface area contributed by atoms with E-state index < -0.39 is 16.8 Å². The van der Waals surface area contributed by atoms with Crippen LogP contribution in [0.4, 0.5) is 0 Å². The highest BCUT2D eigenvalue weighted by Gasteiger charge is 2.12. The number of carboxylic acid groups (broad SMARTS) is 1. The highest BCUT2D eigenvalue weighted by atomic mass is 32.2. The maximum absolute atomic E-state index is 10.9. The third kappa shape index (κ3) is 3.61. The maximum Gasteiger partial charge on any atom is 0.304 e. The van der Waals surface area contributed by atoms with Crippen molar-refractivity contribution in [3.63, 3.8) is 0 Å². The highest BCUT2D eigenvalue weighted by Crippen LogP contribution is 2.00. The first-order valence-corrected chi connectivity index (χ1v) is 4.55. The summed E-state index contributed by atoms with van der Waals surface area (Å²) in [4.78, 5) is 10.1. The summed E-state index contributed by atoms with van der Waals surface area (Å²) in [5, 5.41) is 8.07. The van der Waals surface area contributed by atoms with E-state index in [-0.39, 0.29) is 11.7 Å². The van der Waals surface area contributed by atoms with E-state index in [4.69, 9.17) is 5.11 Å². The summed E-state index contributed by atoms with van der Waals surface area (Å²) in [5.74, 6) is -0.344. The van der Waals surface area contributed by atoms with Crippen molar-refractivity contribution >= 4 is 16.8 Å². The predicted molar refractivity (Wildman–Crippen MR) is 40.4 cm³/mol. The van der Waals surface area contributed by atoms with E-state index in [0.29, 0.717) is 5.75 Å². The van der Waals surface area contributed by atoms with Crippen LogP contribution in [0.25, 0.3) is 0 Å². The SMILES string of the molecule is CCS(=O)C(C)CC(=O)O. The second kappa shape index (κ2) is 4.44. The van der Waals surface area contributed by atoms with Gasteiger partial charge >= 0.3 is 5.97 Å². The Bertz CT molecular complexity index is 144. The third-order valence-corrected chi connectivity index (χ3v) is 2.83. The number of hydrogen-bond donors (Lipinski definition) is 1. The molecule has 4 heteroatoms. The Morgan fingerprint density at radius 2 is 2.20 bits per heavy atom. The Morgan fingerprint density at radius 1 is 1.70 bits per heavy atom. The lowest BCUT2D eigenvalue weighted by Crippen LogP contribution is -2.16. The van der Waals surface area contributed by atoms with Gasteiger partial charge in [-0.25, -0.2) is 0 Å². The molecule has 2 atom stereocenters. The van der Waals surface area contributed by atoms with Crippen LogP contribution in [-0.4, -0.2) is 26.3 Å². The van der Waals surface area contributed by atoms with Crippen LogP contribution < -0.4 is 0 Å². The molecule has 0 saturated carbocycles. The monoisotopic (exact) mass is 164 g/mol. The van der Waals surface area contributed by atoms with E-state index in [9.17, 15) is 9.00 Å². The number of hydrogen-bond acceptors (Lipinski definition) is 2. The third-order valence-electron chi connectivity index (χ3n) is 1.20. The van der Waals surface area contributed by atoms with Crippen LogP contribution in [0.15, 0.2) is 0 Å². The molecule has 0 aliphatic carbocycles. The number of carbonyl (C=O) groups is 1. The minimum absolute atomic E-state index is 0.000448. The van der Waals surface area contributed by atoms with E-state index in [1.54, 1.807) is 13.8 Å². The minimum atomic E-state index is -0.973. The van der Waals surface area contributed by atoms with Gasteiger partial charge in [0.2, 0.25) is 0 Å². The van der Waals surface area contributed by atoms with E-state index in [1.807, 2.05) is 0 Å². The second-order valence-electron chi connectivity index (χ2n) is 2.08. The van der Waals surface area contributed by atoms with Gasteiger partial charge in [0.1, 0.15) is 0 Å². The first-order valence-electron chi connectivity index (χ1n) is 3.17. The van der Waals surface area contributed by atoms with Gasteiger partial charge in [0.15, 0.2) is 0 Å². The van der Waals surface area contributed by atoms with Crippen LogP contribution in [-0.2, 0) is 15.6 Å². The zero-order valence-electron chi connectivity index (χ0n) is 6.16. The molecule has 2 unspecified atom stereocenters. The van der Waals surface area contributed by atoms with Crippen LogP contribution in [0.5, 0.6) is 0 Å². The molecule has 60 valence electrons. The summed E-state index contributed by atoms with van der Waals surface area (Å²) in [6.45, 7) is 3.47. The molecule has 0 saturated heterocycles. The lowest BCUT2D eigenvalue weighted by Gasteiger charge is -2.04. The quantitative estimate of drug-likeness (QED) is 0.662. The van der Waals surface area contributed by atoms with E-state index in [1.165, 1.54) is 0 Å². The van der Waals surface area contributed by atoms with Gasteiger partial charge in [0.05, 0.1) is 6.42 Å². The average Bonchev–Trinajstić information content (AvgIpc) is 1.85. The summed E-state index contributed by atoms with van der Waals surface area (Å²) in [7, 11) is -0.973. The van der Waals surface area contributed by atoms with Crippen LogP contribution in [0, 0.1) is 0 Å². The molecule has 0 fully saturated rings. The highest BCUT2D eigenvalue weighted by molar-refractivity contribution is 7.85. The standard InChI is InChI=1S/C6H12O3S/c1-3-10(9)5(2)4-6(7)8/h5H,3-4H2,1-2H3,(H,7,8). The fourth-order valence-electron chi connectivity index (χ4n) is 0.623. The summed E-state index contributed by atoms with van der Waals surface area (Å²) < 4.78 is 10.9. The molecular formula is C6H12O3S. The summed E-state index contributed by atoms with van der Waals surface area (Å²) in [6, 6.07) is 0. The molecule has 0 rings (SSSR count). The lowest BCUT2D eigenvalue weighted by atomic mass is 10.3. The molecule has 10 heavy (non-hydrogen) atoms. The molecule has 0 aliphatic heterocycles. The number of carboxylic acids is 1. The fraction of sp³-hybridized carbons (Fsp3) is 0.833. The normalized spacial score (nSPS) is 16.2. The topological polar surface area (TPSA) is 54.4 Å². The van der Waals surface area contributed by atoms with Crippen molar-refractivity contribution in [2.45, 2.75) is 25.5 Å². The smallest absolute Gasteiger partial charge is 0.304 e. The Kier molecular flexibility index (Phi) is 4.27. The molecule has 0 aliphatic rings. The molecule has 0 aromatic rings. The zero-order chi connectivity index (χ0) is 8.15. The first kappa shape index (κ1) is 9.62. The molecule has 0 aromatic heterocycles. The Labute approximate surface area is 62.9 Å². The first-order chi connectivity index (χ1) is 4.57. The summed E-state index contributed by atoms with van der Waals surface area (Å²) in [5.41, 5.74) is 0. The van der Waals surface area contributed by atoms with Gasteiger partial charge in [0, 0.05) is 21.8 Å². The van der Waals surface area contributed by atoms with E-state index in [2.05, 4.69) is 0 Å². The average molecular weight is 164 g/mol. The van der Waals surface area contributed by atoms with Gasteiger partial charge in [-0.3, -0.25) is 9.00 Å². The van der Waals surface area contributed by atoms with Gasteiger partial charge < -0.3 is 5.11 Å². The lowest BCUT2D eigenvalue weighted by molar-refractivity contribution is -0.136. The minimum Gasteiger partial charge on any atom is -0.481 e. The van der Waals surface area contributed by atoms with Crippen molar-refractivity contribution in [1.82, 2.24) is 0 Å². The Hall–Kier alpha value is -0.380. The van der Waals surface area contributed by atoms with Gasteiger partial charge in [-0.15, -0.1) is 0 Å². The second-order valence-corrected chi connectivity index (χ2v) is 4.22. The molecular weight excluding hydrogens is 152 g/mol. The van der Waals surface area contributed by atoms with Gasteiger partial charge in [-0.2, -0.15) is 0 Å². The molecule has 0 radical (unpaired) electrons. The number of aliphatic carboxylic acids is 1. The summed E-state index contributed by atoms with van der Waals surface area (Å²) >= 11 is 0. The predicted octanol–water partition coefficient (Wildman–Crippen LogP) is 0.618. The van der Waals surface area contributed by atoms with Gasteiger partial charge in [0.25, 0.3) is 0 Å². The van der Waals surface area contributed by atoms with Crippen molar-refractivity contribution in [3.05, 3.63) is 0 Å². The number of rotatable bonds is 4. The largest absolute Gasteiger partial charge is 0.481 e. The van der Waals surface area contributed by atoms with Crippen LogP contribution >= 0.6 is 0 Å². The van der Waals surface area contributed by atoms with Gasteiger partial charge in [-0.1, -0.05) is 13.8 Å². The maximum atomic E-state index is 10.9. The fourth-order valence-corrected chi connectivity index (χ4v) is 1.52. The van der Waals surface area contributed by atoms with Crippen molar-refractivity contribution in [2.24, 2.45) is 0 Å². The zero-order valence-corrected chi connectivity index (χ0v) is 6.98. The molecule has 0 aromatic carbocycles. The Balaban J connectivity index is 3.72.